The molecule has 2 aliphatic rings. The van der Waals surface area contributed by atoms with Gasteiger partial charge in [0.2, 0.25) is 11.3 Å². The molecular weight excluding hydrogens is 354 g/mol. The fourth-order valence-electron chi connectivity index (χ4n) is 4.90. The first-order valence-electron chi connectivity index (χ1n) is 9.78. The van der Waals surface area contributed by atoms with Gasteiger partial charge in [0.05, 0.1) is 13.2 Å². The Hall–Kier alpha value is -2.60. The van der Waals surface area contributed by atoms with Crippen molar-refractivity contribution >= 4 is 5.91 Å². The Morgan fingerprint density at radius 2 is 2.04 bits per heavy atom. The highest BCUT2D eigenvalue weighted by atomic mass is 16.5. The Balaban J connectivity index is 1.55. The molecule has 2 saturated heterocycles. The average Bonchev–Trinajstić information content (AvgIpc) is 3.20. The van der Waals surface area contributed by atoms with E-state index in [0.717, 1.165) is 25.3 Å². The van der Waals surface area contributed by atoms with Crippen LogP contribution in [0.2, 0.25) is 0 Å². The molecule has 0 bridgehead atoms. The fourth-order valence-corrected chi connectivity index (χ4v) is 4.90. The minimum atomic E-state index is -0.101. The number of amides is 1. The molecule has 2 fully saturated rings. The normalized spacial score (nSPS) is 24.4. The average molecular weight is 381 g/mol. The number of aromatic amines is 1. The third kappa shape index (κ3) is 3.33. The number of hydrogen-bond acceptors (Lipinski definition) is 4. The highest BCUT2D eigenvalue weighted by molar-refractivity contribution is 5.74. The van der Waals surface area contributed by atoms with Crippen molar-refractivity contribution in [1.29, 1.82) is 0 Å². The molecule has 1 N–H and O–H groups in total. The van der Waals surface area contributed by atoms with Crippen molar-refractivity contribution in [2.24, 2.45) is 11.8 Å². The molecule has 1 aromatic heterocycles. The molecule has 0 unspecified atom stereocenters. The largest absolute Gasteiger partial charge is 0.491 e. The first kappa shape index (κ1) is 18.7. The van der Waals surface area contributed by atoms with Crippen LogP contribution in [-0.4, -0.2) is 47.4 Å². The number of methoxy groups -OCH3 is 1. The maximum absolute atomic E-state index is 12.3. The van der Waals surface area contributed by atoms with E-state index in [1.54, 1.807) is 19.2 Å². The maximum atomic E-state index is 12.3. The topological polar surface area (TPSA) is 65.6 Å². The number of aryl methyl sites for hydroxylation is 1. The second-order valence-corrected chi connectivity index (χ2v) is 7.98. The minimum absolute atomic E-state index is 0.101. The smallest absolute Gasteiger partial charge is 0.223 e. The van der Waals surface area contributed by atoms with Gasteiger partial charge in [-0.2, -0.15) is 0 Å². The number of aromatic nitrogens is 1. The number of ether oxygens (including phenoxy) is 1. The molecule has 0 saturated carbocycles. The van der Waals surface area contributed by atoms with E-state index in [2.05, 4.69) is 35.0 Å². The first-order valence-corrected chi connectivity index (χ1v) is 9.78. The van der Waals surface area contributed by atoms with Gasteiger partial charge < -0.3 is 14.6 Å². The van der Waals surface area contributed by atoms with Crippen molar-refractivity contribution < 1.29 is 9.53 Å². The molecule has 4 rings (SSSR count). The second-order valence-electron chi connectivity index (χ2n) is 7.98. The van der Waals surface area contributed by atoms with Gasteiger partial charge in [-0.25, -0.2) is 0 Å². The standard InChI is InChI=1S/C22H27N3O3/c1-14-6-4-5-7-18(14)22-19-13-24(10-16(19)11-25(22)15(2)26)12-17-8-20(27)21(28-3)9-23-17/h4-9,16,19,22H,10-13H2,1-3H3,(H,23,27)/t16-,19-,22-/m1/s1. The number of fused-ring (bicyclic) bond motifs is 1. The van der Waals surface area contributed by atoms with Gasteiger partial charge in [0, 0.05) is 57.0 Å². The number of rotatable bonds is 4. The van der Waals surface area contributed by atoms with Crippen LogP contribution >= 0.6 is 0 Å². The molecule has 6 nitrogen and oxygen atoms in total. The number of nitrogens with zero attached hydrogens (tertiary/aromatic N) is 2. The number of carbonyl (C=O) groups excluding carboxylic acids is 1. The fraction of sp³-hybridized carbons (Fsp3) is 0.455. The summed E-state index contributed by atoms with van der Waals surface area (Å²) >= 11 is 0. The summed E-state index contributed by atoms with van der Waals surface area (Å²) in [4.78, 5) is 31.9. The minimum Gasteiger partial charge on any atom is -0.491 e. The van der Waals surface area contributed by atoms with E-state index in [-0.39, 0.29) is 17.4 Å². The SMILES string of the molecule is COc1c[nH]c(CN2C[C@@H]3CN(C(C)=O)[C@H](c4ccccc4C)[C@@H]3C2)cc1=O. The number of hydrogen-bond donors (Lipinski definition) is 1. The van der Waals surface area contributed by atoms with Gasteiger partial charge in [0.15, 0.2) is 5.75 Å². The molecule has 1 amide bonds. The Kier molecular flexibility index (Phi) is 4.98. The van der Waals surface area contributed by atoms with E-state index in [9.17, 15) is 9.59 Å². The van der Waals surface area contributed by atoms with E-state index in [1.165, 1.54) is 18.2 Å². The number of pyridine rings is 1. The molecular formula is C22H27N3O3. The van der Waals surface area contributed by atoms with Gasteiger partial charge in [0.25, 0.3) is 0 Å². The summed E-state index contributed by atoms with van der Waals surface area (Å²) in [5.74, 6) is 1.35. The first-order chi connectivity index (χ1) is 13.5. The van der Waals surface area contributed by atoms with Crippen LogP contribution in [0.3, 0.4) is 0 Å². The molecule has 2 aliphatic heterocycles. The zero-order valence-corrected chi connectivity index (χ0v) is 16.6. The van der Waals surface area contributed by atoms with Gasteiger partial charge in [-0.05, 0) is 24.0 Å². The monoisotopic (exact) mass is 381 g/mol. The Bertz CT molecular complexity index is 939. The molecule has 28 heavy (non-hydrogen) atoms. The summed E-state index contributed by atoms with van der Waals surface area (Å²) in [5, 5.41) is 0. The second kappa shape index (κ2) is 7.43. The van der Waals surface area contributed by atoms with Crippen LogP contribution in [0.1, 0.15) is 29.8 Å². The quantitative estimate of drug-likeness (QED) is 0.883. The van der Waals surface area contributed by atoms with E-state index >= 15 is 0 Å². The van der Waals surface area contributed by atoms with Crippen LogP contribution < -0.4 is 10.2 Å². The Morgan fingerprint density at radius 1 is 1.25 bits per heavy atom. The maximum Gasteiger partial charge on any atom is 0.223 e. The molecule has 0 spiro atoms. The summed E-state index contributed by atoms with van der Waals surface area (Å²) in [6.45, 7) is 7.15. The molecule has 3 heterocycles. The summed E-state index contributed by atoms with van der Waals surface area (Å²) < 4.78 is 5.04. The summed E-state index contributed by atoms with van der Waals surface area (Å²) in [7, 11) is 1.50. The van der Waals surface area contributed by atoms with Gasteiger partial charge in [-0.15, -0.1) is 0 Å². The van der Waals surface area contributed by atoms with Crippen molar-refractivity contribution in [3.63, 3.8) is 0 Å². The highest BCUT2D eigenvalue weighted by Gasteiger charge is 2.48. The van der Waals surface area contributed by atoms with Crippen molar-refractivity contribution in [2.75, 3.05) is 26.7 Å². The lowest BCUT2D eigenvalue weighted by Crippen LogP contribution is -2.34. The summed E-state index contributed by atoms with van der Waals surface area (Å²) in [5.41, 5.74) is 3.28. The number of benzene rings is 1. The van der Waals surface area contributed by atoms with Crippen molar-refractivity contribution in [1.82, 2.24) is 14.8 Å². The van der Waals surface area contributed by atoms with Crippen molar-refractivity contribution in [3.8, 4) is 5.75 Å². The zero-order chi connectivity index (χ0) is 19.8. The predicted octanol–water partition coefficient (Wildman–Crippen LogP) is 2.34. The van der Waals surface area contributed by atoms with Gasteiger partial charge in [-0.1, -0.05) is 24.3 Å². The third-order valence-electron chi connectivity index (χ3n) is 6.20. The molecule has 3 atom stereocenters. The number of nitrogens with one attached hydrogen (secondary N) is 1. The lowest BCUT2D eigenvalue weighted by atomic mass is 9.87. The lowest BCUT2D eigenvalue weighted by Gasteiger charge is -2.30. The van der Waals surface area contributed by atoms with Crippen LogP contribution in [0, 0.1) is 18.8 Å². The molecule has 1 aromatic carbocycles. The van der Waals surface area contributed by atoms with Gasteiger partial charge in [0.1, 0.15) is 0 Å². The van der Waals surface area contributed by atoms with Crippen molar-refractivity contribution in [2.45, 2.75) is 26.4 Å². The van der Waals surface area contributed by atoms with Crippen molar-refractivity contribution in [3.05, 3.63) is 63.6 Å². The Morgan fingerprint density at radius 3 is 2.71 bits per heavy atom. The van der Waals surface area contributed by atoms with Crippen LogP contribution in [0.15, 0.2) is 41.3 Å². The zero-order valence-electron chi connectivity index (χ0n) is 16.6. The number of likely N-dealkylation sites (tertiary alicyclic amines) is 2. The van der Waals surface area contributed by atoms with Crippen LogP contribution in [0.4, 0.5) is 0 Å². The number of H-pyrrole nitrogens is 1. The molecule has 6 heteroatoms. The lowest BCUT2D eigenvalue weighted by molar-refractivity contribution is -0.130. The van der Waals surface area contributed by atoms with Gasteiger partial charge >= 0.3 is 0 Å². The van der Waals surface area contributed by atoms with Crippen LogP contribution in [-0.2, 0) is 11.3 Å². The van der Waals surface area contributed by atoms with Crippen LogP contribution in [0.25, 0.3) is 0 Å². The van der Waals surface area contributed by atoms with Gasteiger partial charge in [-0.3, -0.25) is 14.5 Å². The number of carbonyl (C=O) groups is 1. The van der Waals surface area contributed by atoms with E-state index in [0.29, 0.717) is 24.1 Å². The third-order valence-corrected chi connectivity index (χ3v) is 6.20. The van der Waals surface area contributed by atoms with E-state index in [4.69, 9.17) is 4.74 Å². The van der Waals surface area contributed by atoms with E-state index < -0.39 is 0 Å². The summed E-state index contributed by atoms with van der Waals surface area (Å²) in [6.07, 6.45) is 1.63. The molecule has 148 valence electrons. The highest BCUT2D eigenvalue weighted by Crippen LogP contribution is 2.45. The predicted molar refractivity (Wildman–Crippen MR) is 107 cm³/mol. The van der Waals surface area contributed by atoms with E-state index in [1.807, 2.05) is 11.0 Å². The Labute approximate surface area is 165 Å². The molecule has 2 aromatic rings. The van der Waals surface area contributed by atoms with Crippen LogP contribution in [0.5, 0.6) is 5.75 Å². The molecule has 0 aliphatic carbocycles. The summed E-state index contributed by atoms with van der Waals surface area (Å²) in [6, 6.07) is 10.1. The molecule has 0 radical (unpaired) electrons.